The lowest BCUT2D eigenvalue weighted by Gasteiger charge is -2.24. The van der Waals surface area contributed by atoms with Gasteiger partial charge in [-0.2, -0.15) is 0 Å². The van der Waals surface area contributed by atoms with Gasteiger partial charge in [-0.05, 0) is 73.2 Å². The minimum absolute atomic E-state index is 0.0225. The first-order chi connectivity index (χ1) is 19.2. The molecule has 40 heavy (non-hydrogen) atoms. The van der Waals surface area contributed by atoms with Crippen LogP contribution in [-0.2, 0) is 14.8 Å². The molecular formula is C30H28ClN3O5S. The van der Waals surface area contributed by atoms with Gasteiger partial charge in [0.25, 0.3) is 15.9 Å². The first kappa shape index (κ1) is 28.7. The van der Waals surface area contributed by atoms with Gasteiger partial charge in [0.1, 0.15) is 12.3 Å². The van der Waals surface area contributed by atoms with Gasteiger partial charge in [0, 0.05) is 5.02 Å². The van der Waals surface area contributed by atoms with Crippen LogP contribution in [0.2, 0.25) is 5.02 Å². The lowest BCUT2D eigenvalue weighted by molar-refractivity contribution is -0.114. The Morgan fingerprint density at radius 1 is 0.875 bits per heavy atom. The normalized spacial score (nSPS) is 11.8. The molecule has 4 aromatic carbocycles. The van der Waals surface area contributed by atoms with Crippen LogP contribution in [0.5, 0.6) is 5.75 Å². The Hall–Kier alpha value is -4.34. The third-order valence-corrected chi connectivity index (χ3v) is 8.18. The molecule has 206 valence electrons. The smallest absolute Gasteiger partial charge is 0.264 e. The summed E-state index contributed by atoms with van der Waals surface area (Å²) in [5.41, 5.74) is 1.68. The molecule has 0 spiro atoms. The van der Waals surface area contributed by atoms with Crippen LogP contribution in [0.4, 0.5) is 11.4 Å². The molecule has 1 atom stereocenters. The Kier molecular flexibility index (Phi) is 9.08. The first-order valence-corrected chi connectivity index (χ1v) is 14.2. The topological polar surface area (TPSA) is 105 Å². The second-order valence-electron chi connectivity index (χ2n) is 8.86. The number of nitrogens with one attached hydrogen (secondary N) is 2. The maximum absolute atomic E-state index is 13.6. The molecule has 8 nitrogen and oxygen atoms in total. The molecule has 2 amide bonds. The summed E-state index contributed by atoms with van der Waals surface area (Å²) in [6, 6.07) is 27.7. The van der Waals surface area contributed by atoms with E-state index in [9.17, 15) is 18.0 Å². The Bertz CT molecular complexity index is 1580. The van der Waals surface area contributed by atoms with E-state index >= 15 is 0 Å². The summed E-state index contributed by atoms with van der Waals surface area (Å²) in [5, 5.41) is 6.06. The fourth-order valence-corrected chi connectivity index (χ4v) is 5.55. The molecule has 10 heteroatoms. The van der Waals surface area contributed by atoms with Crippen molar-refractivity contribution in [2.45, 2.75) is 17.9 Å². The number of halogens is 1. The zero-order chi connectivity index (χ0) is 28.7. The highest BCUT2D eigenvalue weighted by Crippen LogP contribution is 2.27. The molecule has 4 rings (SSSR count). The number of benzene rings is 4. The van der Waals surface area contributed by atoms with Gasteiger partial charge in [0.05, 0.1) is 35.0 Å². The summed E-state index contributed by atoms with van der Waals surface area (Å²) in [7, 11) is -2.68. The lowest BCUT2D eigenvalue weighted by Crippen LogP contribution is -2.38. The molecule has 0 saturated carbocycles. The van der Waals surface area contributed by atoms with Gasteiger partial charge < -0.3 is 15.4 Å². The minimum atomic E-state index is -4.16. The molecule has 2 N–H and O–H groups in total. The van der Waals surface area contributed by atoms with Crippen molar-refractivity contribution in [1.29, 1.82) is 0 Å². The number of rotatable bonds is 10. The predicted octanol–water partition coefficient (Wildman–Crippen LogP) is 5.67. The summed E-state index contributed by atoms with van der Waals surface area (Å²) < 4.78 is 33.4. The second kappa shape index (κ2) is 12.7. The SMILES string of the molecule is COc1ccc(S(=O)(=O)N(CC(=O)Nc2ccccc2C(=O)N[C@H](C)c2ccccc2)c2ccc(Cl)cc2)cc1. The summed E-state index contributed by atoms with van der Waals surface area (Å²) in [4.78, 5) is 26.4. The van der Waals surface area contributed by atoms with Crippen molar-refractivity contribution < 1.29 is 22.7 Å². The van der Waals surface area contributed by atoms with Crippen LogP contribution in [-0.4, -0.2) is 33.9 Å². The molecule has 0 fully saturated rings. The van der Waals surface area contributed by atoms with E-state index in [0.717, 1.165) is 9.87 Å². The molecule has 0 aliphatic heterocycles. The number of hydrogen-bond acceptors (Lipinski definition) is 5. The van der Waals surface area contributed by atoms with Crippen LogP contribution in [0.3, 0.4) is 0 Å². The average Bonchev–Trinajstić information content (AvgIpc) is 2.97. The van der Waals surface area contributed by atoms with E-state index in [1.54, 1.807) is 36.4 Å². The Balaban J connectivity index is 1.58. The minimum Gasteiger partial charge on any atom is -0.497 e. The Morgan fingerprint density at radius 3 is 2.15 bits per heavy atom. The molecule has 0 aromatic heterocycles. The van der Waals surface area contributed by atoms with E-state index < -0.39 is 22.5 Å². The number of nitrogens with zero attached hydrogens (tertiary/aromatic N) is 1. The van der Waals surface area contributed by atoms with Crippen molar-refractivity contribution in [3.8, 4) is 5.75 Å². The van der Waals surface area contributed by atoms with Gasteiger partial charge in [0.15, 0.2) is 0 Å². The summed E-state index contributed by atoms with van der Waals surface area (Å²) in [6.07, 6.45) is 0. The third-order valence-electron chi connectivity index (χ3n) is 6.14. The maximum atomic E-state index is 13.6. The number of carbonyl (C=O) groups excluding carboxylic acids is 2. The quantitative estimate of drug-likeness (QED) is 0.252. The van der Waals surface area contributed by atoms with Gasteiger partial charge in [-0.15, -0.1) is 0 Å². The molecule has 0 heterocycles. The third kappa shape index (κ3) is 6.80. The number of hydrogen-bond donors (Lipinski definition) is 2. The van der Waals surface area contributed by atoms with Crippen LogP contribution in [0.1, 0.15) is 28.9 Å². The average molecular weight is 578 g/mol. The highest BCUT2D eigenvalue weighted by atomic mass is 35.5. The van der Waals surface area contributed by atoms with Gasteiger partial charge >= 0.3 is 0 Å². The number of ether oxygens (including phenoxy) is 1. The molecule has 4 aromatic rings. The number of sulfonamides is 1. The van der Waals surface area contributed by atoms with Crippen LogP contribution in [0.15, 0.2) is 108 Å². The number of methoxy groups -OCH3 is 1. The van der Waals surface area contributed by atoms with E-state index in [-0.39, 0.29) is 33.8 Å². The number of carbonyl (C=O) groups is 2. The summed E-state index contributed by atoms with van der Waals surface area (Å²) in [6.45, 7) is 1.31. The van der Waals surface area contributed by atoms with E-state index in [4.69, 9.17) is 16.3 Å². The van der Waals surface area contributed by atoms with Crippen LogP contribution in [0, 0.1) is 0 Å². The predicted molar refractivity (Wildman–Crippen MR) is 156 cm³/mol. The zero-order valence-electron chi connectivity index (χ0n) is 21.9. The van der Waals surface area contributed by atoms with Gasteiger partial charge in [-0.3, -0.25) is 13.9 Å². The standard InChI is InChI=1S/C30H28ClN3O5S/c1-21(22-8-4-3-5-9-22)32-30(36)27-10-6-7-11-28(27)33-29(35)20-34(24-14-12-23(31)13-15-24)40(37,38)26-18-16-25(39-2)17-19-26/h3-19,21H,20H2,1-2H3,(H,32,36)(H,33,35)/t21-/m1/s1. The van der Waals surface area contributed by atoms with Crippen molar-refractivity contribution in [2.75, 3.05) is 23.3 Å². The maximum Gasteiger partial charge on any atom is 0.264 e. The largest absolute Gasteiger partial charge is 0.497 e. The Labute approximate surface area is 238 Å². The molecule has 0 unspecified atom stereocenters. The van der Waals surface area contributed by atoms with Crippen LogP contribution < -0.4 is 19.7 Å². The van der Waals surface area contributed by atoms with Crippen LogP contribution in [0.25, 0.3) is 0 Å². The van der Waals surface area contributed by atoms with Gasteiger partial charge in [-0.25, -0.2) is 8.42 Å². The molecular weight excluding hydrogens is 550 g/mol. The fraction of sp³-hybridized carbons (Fsp3) is 0.133. The monoisotopic (exact) mass is 577 g/mol. The molecule has 0 radical (unpaired) electrons. The molecule has 0 aliphatic rings. The van der Waals surface area contributed by atoms with Crippen molar-refractivity contribution in [2.24, 2.45) is 0 Å². The highest BCUT2D eigenvalue weighted by Gasteiger charge is 2.28. The molecule has 0 bridgehead atoms. The van der Waals surface area contributed by atoms with Gasteiger partial charge in [-0.1, -0.05) is 54.1 Å². The number of amides is 2. The summed E-state index contributed by atoms with van der Waals surface area (Å²) in [5.74, 6) is -0.526. The highest BCUT2D eigenvalue weighted by molar-refractivity contribution is 7.92. The van der Waals surface area contributed by atoms with E-state index in [1.807, 2.05) is 37.3 Å². The first-order valence-electron chi connectivity index (χ1n) is 12.4. The van der Waals surface area contributed by atoms with Gasteiger partial charge in [0.2, 0.25) is 5.91 Å². The van der Waals surface area contributed by atoms with Crippen molar-refractivity contribution in [3.63, 3.8) is 0 Å². The summed E-state index contributed by atoms with van der Waals surface area (Å²) >= 11 is 6.02. The van der Waals surface area contributed by atoms with Crippen LogP contribution >= 0.6 is 11.6 Å². The lowest BCUT2D eigenvalue weighted by atomic mass is 10.1. The van der Waals surface area contributed by atoms with E-state index in [1.165, 1.54) is 43.5 Å². The molecule has 0 saturated heterocycles. The second-order valence-corrected chi connectivity index (χ2v) is 11.2. The van der Waals surface area contributed by atoms with E-state index in [2.05, 4.69) is 10.6 Å². The van der Waals surface area contributed by atoms with E-state index in [0.29, 0.717) is 10.8 Å². The van der Waals surface area contributed by atoms with Crippen molar-refractivity contribution in [3.05, 3.63) is 119 Å². The fourth-order valence-electron chi connectivity index (χ4n) is 4.01. The number of anilines is 2. The Morgan fingerprint density at radius 2 is 1.50 bits per heavy atom. The molecule has 0 aliphatic carbocycles. The zero-order valence-corrected chi connectivity index (χ0v) is 23.4. The van der Waals surface area contributed by atoms with Crippen molar-refractivity contribution >= 4 is 44.8 Å². The van der Waals surface area contributed by atoms with Crippen molar-refractivity contribution in [1.82, 2.24) is 5.32 Å². The number of para-hydroxylation sites is 1.